The molecule has 0 aromatic heterocycles. The summed E-state index contributed by atoms with van der Waals surface area (Å²) < 4.78 is 11.0. The van der Waals surface area contributed by atoms with E-state index < -0.39 is 0 Å². The summed E-state index contributed by atoms with van der Waals surface area (Å²) in [6.45, 7) is 8.02. The van der Waals surface area contributed by atoms with Gasteiger partial charge in [-0.1, -0.05) is 0 Å². The molecule has 2 N–H and O–H groups in total. The van der Waals surface area contributed by atoms with Gasteiger partial charge in [0, 0.05) is 19.7 Å². The van der Waals surface area contributed by atoms with E-state index in [2.05, 4.69) is 25.8 Å². The van der Waals surface area contributed by atoms with E-state index in [0.717, 1.165) is 32.8 Å². The Morgan fingerprint density at radius 2 is 2.27 bits per heavy atom. The zero-order chi connectivity index (χ0) is 11.3. The highest BCUT2D eigenvalue weighted by atomic mass is 16.5. The van der Waals surface area contributed by atoms with Crippen molar-refractivity contribution in [2.24, 2.45) is 5.73 Å². The van der Waals surface area contributed by atoms with Crippen LogP contribution >= 0.6 is 0 Å². The van der Waals surface area contributed by atoms with Crippen molar-refractivity contribution in [1.29, 1.82) is 0 Å². The first-order valence-electron chi connectivity index (χ1n) is 5.71. The molecule has 0 amide bonds. The number of nitrogens with two attached hydrogens (primary N) is 1. The van der Waals surface area contributed by atoms with Gasteiger partial charge in [0.1, 0.15) is 0 Å². The molecule has 4 heteroatoms. The molecular weight excluding hydrogens is 192 g/mol. The molecule has 0 radical (unpaired) electrons. The van der Waals surface area contributed by atoms with Crippen molar-refractivity contribution in [3.63, 3.8) is 0 Å². The molecule has 90 valence electrons. The van der Waals surface area contributed by atoms with Gasteiger partial charge in [-0.15, -0.1) is 0 Å². The molecule has 1 saturated heterocycles. The first-order chi connectivity index (χ1) is 7.10. The number of rotatable bonds is 6. The second kappa shape index (κ2) is 5.80. The lowest BCUT2D eigenvalue weighted by molar-refractivity contribution is 0.0302. The minimum Gasteiger partial charge on any atom is -0.379 e. The van der Waals surface area contributed by atoms with Crippen LogP contribution in [0.3, 0.4) is 0 Å². The maximum atomic E-state index is 5.84. The van der Waals surface area contributed by atoms with Crippen LogP contribution < -0.4 is 5.73 Å². The predicted octanol–water partition coefficient (Wildman–Crippen LogP) is 0.461. The van der Waals surface area contributed by atoms with Gasteiger partial charge in [-0.05, 0) is 27.3 Å². The smallest absolute Gasteiger partial charge is 0.0663 e. The first kappa shape index (κ1) is 12.9. The van der Waals surface area contributed by atoms with Crippen LogP contribution in [0.5, 0.6) is 0 Å². The van der Waals surface area contributed by atoms with Gasteiger partial charge >= 0.3 is 0 Å². The molecule has 0 saturated carbocycles. The highest BCUT2D eigenvalue weighted by Crippen LogP contribution is 2.23. The normalized spacial score (nSPS) is 26.8. The highest BCUT2D eigenvalue weighted by Gasteiger charge is 2.37. The average Bonchev–Trinajstić information content (AvgIpc) is 2.66. The molecule has 0 aromatic rings. The third kappa shape index (κ3) is 3.41. The molecule has 0 aliphatic carbocycles. The minimum atomic E-state index is 0.0420. The fourth-order valence-corrected chi connectivity index (χ4v) is 1.88. The zero-order valence-electron chi connectivity index (χ0n) is 10.2. The lowest BCUT2D eigenvalue weighted by atomic mass is 9.97. The SMILES string of the molecule is CC(C)OCCN(C)C1(CN)CCOC1. The Bertz CT molecular complexity index is 179. The van der Waals surface area contributed by atoms with E-state index in [1.165, 1.54) is 0 Å². The lowest BCUT2D eigenvalue weighted by Gasteiger charge is -2.36. The number of ether oxygens (including phenoxy) is 2. The Balaban J connectivity index is 2.33. The number of likely N-dealkylation sites (N-methyl/N-ethyl adjacent to an activating group) is 1. The van der Waals surface area contributed by atoms with Crippen molar-refractivity contribution in [3.8, 4) is 0 Å². The average molecular weight is 216 g/mol. The molecule has 15 heavy (non-hydrogen) atoms. The van der Waals surface area contributed by atoms with Crippen molar-refractivity contribution < 1.29 is 9.47 Å². The van der Waals surface area contributed by atoms with Gasteiger partial charge in [0.05, 0.1) is 24.9 Å². The van der Waals surface area contributed by atoms with Gasteiger partial charge < -0.3 is 15.2 Å². The van der Waals surface area contributed by atoms with Crippen molar-refractivity contribution in [2.75, 3.05) is 40.0 Å². The summed E-state index contributed by atoms with van der Waals surface area (Å²) in [6.07, 6.45) is 1.33. The summed E-state index contributed by atoms with van der Waals surface area (Å²) >= 11 is 0. The van der Waals surface area contributed by atoms with E-state index >= 15 is 0 Å². The monoisotopic (exact) mass is 216 g/mol. The van der Waals surface area contributed by atoms with Gasteiger partial charge in [0.25, 0.3) is 0 Å². The van der Waals surface area contributed by atoms with Crippen LogP contribution in [0, 0.1) is 0 Å². The van der Waals surface area contributed by atoms with Crippen molar-refractivity contribution in [3.05, 3.63) is 0 Å². The van der Waals surface area contributed by atoms with Crippen LogP contribution in [0.4, 0.5) is 0 Å². The van der Waals surface area contributed by atoms with Crippen LogP contribution in [0.15, 0.2) is 0 Å². The minimum absolute atomic E-state index is 0.0420. The van der Waals surface area contributed by atoms with E-state index in [1.807, 2.05) is 0 Å². The molecule has 1 atom stereocenters. The van der Waals surface area contributed by atoms with E-state index in [9.17, 15) is 0 Å². The number of nitrogens with zero attached hydrogens (tertiary/aromatic N) is 1. The molecule has 1 rings (SSSR count). The van der Waals surface area contributed by atoms with Gasteiger partial charge in [0.2, 0.25) is 0 Å². The molecular formula is C11H24N2O2. The summed E-state index contributed by atoms with van der Waals surface area (Å²) in [4.78, 5) is 2.28. The lowest BCUT2D eigenvalue weighted by Crippen LogP contribution is -2.53. The summed E-state index contributed by atoms with van der Waals surface area (Å²) in [7, 11) is 2.10. The molecule has 1 aliphatic heterocycles. The third-order valence-electron chi connectivity index (χ3n) is 3.15. The van der Waals surface area contributed by atoms with Gasteiger partial charge in [-0.2, -0.15) is 0 Å². The predicted molar refractivity (Wildman–Crippen MR) is 60.9 cm³/mol. The maximum absolute atomic E-state index is 5.84. The van der Waals surface area contributed by atoms with Crippen LogP contribution in [0.2, 0.25) is 0 Å². The summed E-state index contributed by atoms with van der Waals surface area (Å²) in [5, 5.41) is 0. The van der Waals surface area contributed by atoms with E-state index in [1.54, 1.807) is 0 Å². The molecule has 4 nitrogen and oxygen atoms in total. The first-order valence-corrected chi connectivity index (χ1v) is 5.71. The van der Waals surface area contributed by atoms with Crippen LogP contribution in [-0.2, 0) is 9.47 Å². The summed E-state index contributed by atoms with van der Waals surface area (Å²) in [5.41, 5.74) is 5.88. The fraction of sp³-hybridized carbons (Fsp3) is 1.00. The quantitative estimate of drug-likeness (QED) is 0.701. The zero-order valence-corrected chi connectivity index (χ0v) is 10.2. The maximum Gasteiger partial charge on any atom is 0.0663 e. The van der Waals surface area contributed by atoms with E-state index in [-0.39, 0.29) is 5.54 Å². The fourth-order valence-electron chi connectivity index (χ4n) is 1.88. The van der Waals surface area contributed by atoms with E-state index in [4.69, 9.17) is 15.2 Å². The standard InChI is InChI=1S/C11H24N2O2/c1-10(2)15-7-5-13(3)11(8-12)4-6-14-9-11/h10H,4-9,12H2,1-3H3. The van der Waals surface area contributed by atoms with Gasteiger partial charge in [-0.3, -0.25) is 4.90 Å². The van der Waals surface area contributed by atoms with Crippen LogP contribution in [-0.4, -0.2) is 56.5 Å². The van der Waals surface area contributed by atoms with Crippen molar-refractivity contribution >= 4 is 0 Å². The summed E-state index contributed by atoms with van der Waals surface area (Å²) in [5.74, 6) is 0. The second-order valence-electron chi connectivity index (χ2n) is 4.57. The van der Waals surface area contributed by atoms with Crippen LogP contribution in [0.1, 0.15) is 20.3 Å². The molecule has 0 spiro atoms. The topological polar surface area (TPSA) is 47.7 Å². The third-order valence-corrected chi connectivity index (χ3v) is 3.15. The largest absolute Gasteiger partial charge is 0.379 e. The van der Waals surface area contributed by atoms with Crippen LogP contribution in [0.25, 0.3) is 0 Å². The number of hydrogen-bond acceptors (Lipinski definition) is 4. The Labute approximate surface area is 92.7 Å². The second-order valence-corrected chi connectivity index (χ2v) is 4.57. The Morgan fingerprint density at radius 1 is 1.53 bits per heavy atom. The van der Waals surface area contributed by atoms with Crippen molar-refractivity contribution in [1.82, 2.24) is 4.90 Å². The molecule has 1 unspecified atom stereocenters. The van der Waals surface area contributed by atoms with Crippen molar-refractivity contribution in [2.45, 2.75) is 31.9 Å². The Morgan fingerprint density at radius 3 is 2.73 bits per heavy atom. The van der Waals surface area contributed by atoms with E-state index in [0.29, 0.717) is 12.6 Å². The Hall–Kier alpha value is -0.160. The number of hydrogen-bond donors (Lipinski definition) is 1. The highest BCUT2D eigenvalue weighted by molar-refractivity contribution is 4.93. The molecule has 1 heterocycles. The molecule has 1 aliphatic rings. The van der Waals surface area contributed by atoms with Gasteiger partial charge in [0.15, 0.2) is 0 Å². The molecule has 1 fully saturated rings. The summed E-state index contributed by atoms with van der Waals surface area (Å²) in [6, 6.07) is 0. The molecule has 0 bridgehead atoms. The Kier molecular flexibility index (Phi) is 4.99. The van der Waals surface area contributed by atoms with Gasteiger partial charge in [-0.25, -0.2) is 0 Å². The molecule has 0 aromatic carbocycles.